The Bertz CT molecular complexity index is 444. The molecule has 0 bridgehead atoms. The van der Waals surface area contributed by atoms with E-state index < -0.39 is 11.5 Å². The van der Waals surface area contributed by atoms with Gasteiger partial charge in [-0.2, -0.15) is 0 Å². The molecule has 0 spiro atoms. The van der Waals surface area contributed by atoms with Gasteiger partial charge in [-0.25, -0.2) is 4.79 Å². The van der Waals surface area contributed by atoms with Gasteiger partial charge in [-0.3, -0.25) is 4.79 Å². The molecule has 1 amide bonds. The molecule has 1 aromatic rings. The molecular formula is C13H19ClN2O3. The van der Waals surface area contributed by atoms with Crippen LogP contribution in [0.2, 0.25) is 0 Å². The number of methoxy groups -OCH3 is 1. The average Bonchev–Trinajstić information content (AvgIpc) is 2.37. The Labute approximate surface area is 118 Å². The topological polar surface area (TPSA) is 81.4 Å². The molecule has 19 heavy (non-hydrogen) atoms. The summed E-state index contributed by atoms with van der Waals surface area (Å²) in [7, 11) is 1.28. The lowest BCUT2D eigenvalue weighted by molar-refractivity contribution is -0.146. The number of rotatable bonds is 4. The van der Waals surface area contributed by atoms with Gasteiger partial charge in [0.2, 0.25) is 0 Å². The lowest BCUT2D eigenvalue weighted by Gasteiger charge is -2.23. The van der Waals surface area contributed by atoms with Gasteiger partial charge in [0.1, 0.15) is 5.54 Å². The van der Waals surface area contributed by atoms with Crippen LogP contribution in [0.25, 0.3) is 0 Å². The van der Waals surface area contributed by atoms with Crippen LogP contribution >= 0.6 is 12.4 Å². The number of hydrogen-bond acceptors (Lipinski definition) is 4. The van der Waals surface area contributed by atoms with Crippen LogP contribution in [0.3, 0.4) is 0 Å². The molecule has 106 valence electrons. The molecule has 0 unspecified atom stereocenters. The summed E-state index contributed by atoms with van der Waals surface area (Å²) in [4.78, 5) is 23.4. The van der Waals surface area contributed by atoms with E-state index in [4.69, 9.17) is 5.73 Å². The van der Waals surface area contributed by atoms with Gasteiger partial charge in [0.25, 0.3) is 5.91 Å². The van der Waals surface area contributed by atoms with E-state index in [1.54, 1.807) is 38.1 Å². The van der Waals surface area contributed by atoms with Crippen molar-refractivity contribution in [2.75, 3.05) is 7.11 Å². The van der Waals surface area contributed by atoms with E-state index in [1.807, 2.05) is 0 Å². The van der Waals surface area contributed by atoms with Crippen LogP contribution < -0.4 is 11.1 Å². The van der Waals surface area contributed by atoms with Crippen molar-refractivity contribution >= 4 is 24.3 Å². The number of hydrogen-bond donors (Lipinski definition) is 2. The zero-order valence-corrected chi connectivity index (χ0v) is 12.0. The first-order valence-corrected chi connectivity index (χ1v) is 5.60. The lowest BCUT2D eigenvalue weighted by Crippen LogP contribution is -2.50. The van der Waals surface area contributed by atoms with Gasteiger partial charge in [-0.15, -0.1) is 12.4 Å². The van der Waals surface area contributed by atoms with Gasteiger partial charge in [0.15, 0.2) is 0 Å². The summed E-state index contributed by atoms with van der Waals surface area (Å²) in [6.07, 6.45) is 0. The summed E-state index contributed by atoms with van der Waals surface area (Å²) >= 11 is 0. The van der Waals surface area contributed by atoms with Crippen LogP contribution in [0, 0.1) is 0 Å². The van der Waals surface area contributed by atoms with Gasteiger partial charge in [-0.05, 0) is 31.5 Å². The molecule has 6 heteroatoms. The molecule has 0 heterocycles. The average molecular weight is 287 g/mol. The van der Waals surface area contributed by atoms with Gasteiger partial charge in [0, 0.05) is 12.1 Å². The Hall–Kier alpha value is -1.59. The number of esters is 1. The third kappa shape index (κ3) is 4.54. The smallest absolute Gasteiger partial charge is 0.330 e. The van der Waals surface area contributed by atoms with Crippen LogP contribution in [0.15, 0.2) is 24.3 Å². The van der Waals surface area contributed by atoms with Crippen molar-refractivity contribution in [3.05, 3.63) is 35.4 Å². The molecule has 1 rings (SSSR count). The highest BCUT2D eigenvalue weighted by Crippen LogP contribution is 2.09. The quantitative estimate of drug-likeness (QED) is 0.816. The third-order valence-corrected chi connectivity index (χ3v) is 2.57. The van der Waals surface area contributed by atoms with E-state index in [1.165, 1.54) is 7.11 Å². The fourth-order valence-electron chi connectivity index (χ4n) is 1.45. The minimum Gasteiger partial charge on any atom is -0.467 e. The maximum Gasteiger partial charge on any atom is 0.330 e. The zero-order chi connectivity index (χ0) is 13.8. The van der Waals surface area contributed by atoms with E-state index in [9.17, 15) is 9.59 Å². The first kappa shape index (κ1) is 17.4. The number of carbonyl (C=O) groups is 2. The Kier molecular flexibility index (Phi) is 6.52. The van der Waals surface area contributed by atoms with E-state index in [0.29, 0.717) is 12.1 Å². The van der Waals surface area contributed by atoms with Crippen molar-refractivity contribution in [2.24, 2.45) is 5.73 Å². The van der Waals surface area contributed by atoms with E-state index in [2.05, 4.69) is 10.1 Å². The summed E-state index contributed by atoms with van der Waals surface area (Å²) < 4.78 is 4.62. The fraction of sp³-hybridized carbons (Fsp3) is 0.385. The summed E-state index contributed by atoms with van der Waals surface area (Å²) in [5.74, 6) is -0.816. The molecule has 0 atom stereocenters. The summed E-state index contributed by atoms with van der Waals surface area (Å²) in [6, 6.07) is 6.90. The number of carbonyl (C=O) groups excluding carboxylic acids is 2. The largest absolute Gasteiger partial charge is 0.467 e. The Morgan fingerprint density at radius 3 is 2.21 bits per heavy atom. The lowest BCUT2D eigenvalue weighted by atomic mass is 10.0. The number of nitrogens with two attached hydrogens (primary N) is 1. The molecule has 5 nitrogen and oxygen atoms in total. The number of ether oxygens (including phenoxy) is 1. The normalized spacial score (nSPS) is 10.3. The molecule has 0 aliphatic carbocycles. The highest BCUT2D eigenvalue weighted by molar-refractivity contribution is 5.97. The SMILES string of the molecule is COC(=O)C(C)(C)NC(=O)c1ccc(CN)cc1.Cl. The highest BCUT2D eigenvalue weighted by Gasteiger charge is 2.30. The van der Waals surface area contributed by atoms with Gasteiger partial charge >= 0.3 is 5.97 Å². The summed E-state index contributed by atoms with van der Waals surface area (Å²) in [5, 5.41) is 2.62. The molecule has 0 radical (unpaired) electrons. The van der Waals surface area contributed by atoms with Gasteiger partial charge < -0.3 is 15.8 Å². The first-order valence-electron chi connectivity index (χ1n) is 5.60. The second-order valence-electron chi connectivity index (χ2n) is 4.47. The first-order chi connectivity index (χ1) is 8.40. The van der Waals surface area contributed by atoms with Crippen molar-refractivity contribution in [1.29, 1.82) is 0 Å². The van der Waals surface area contributed by atoms with E-state index in [0.717, 1.165) is 5.56 Å². The molecule has 0 saturated heterocycles. The van der Waals surface area contributed by atoms with Crippen LogP contribution in [0.4, 0.5) is 0 Å². The van der Waals surface area contributed by atoms with Crippen molar-refractivity contribution in [3.63, 3.8) is 0 Å². The van der Waals surface area contributed by atoms with E-state index in [-0.39, 0.29) is 18.3 Å². The highest BCUT2D eigenvalue weighted by atomic mass is 35.5. The standard InChI is InChI=1S/C13H18N2O3.ClH/c1-13(2,12(17)18-3)15-11(16)10-6-4-9(8-14)5-7-10;/h4-7H,8,14H2,1-3H3,(H,15,16);1H. The van der Waals surface area contributed by atoms with Gasteiger partial charge in [-0.1, -0.05) is 12.1 Å². The van der Waals surface area contributed by atoms with E-state index >= 15 is 0 Å². The van der Waals surface area contributed by atoms with Crippen molar-refractivity contribution in [1.82, 2.24) is 5.32 Å². The Balaban J connectivity index is 0.00000324. The third-order valence-electron chi connectivity index (χ3n) is 2.57. The van der Waals surface area contributed by atoms with Crippen LogP contribution in [0.1, 0.15) is 29.8 Å². The Morgan fingerprint density at radius 2 is 1.79 bits per heavy atom. The predicted octanol–water partition coefficient (Wildman–Crippen LogP) is 1.25. The predicted molar refractivity (Wildman–Crippen MR) is 75.1 cm³/mol. The zero-order valence-electron chi connectivity index (χ0n) is 11.2. The molecule has 3 N–H and O–H groups in total. The number of halogens is 1. The number of benzene rings is 1. The fourth-order valence-corrected chi connectivity index (χ4v) is 1.45. The van der Waals surface area contributed by atoms with Crippen molar-refractivity contribution in [2.45, 2.75) is 25.9 Å². The Morgan fingerprint density at radius 1 is 1.26 bits per heavy atom. The molecule has 0 aliphatic rings. The van der Waals surface area contributed by atoms with Crippen LogP contribution in [-0.4, -0.2) is 24.5 Å². The second kappa shape index (κ2) is 7.11. The minimum absolute atomic E-state index is 0. The molecule has 0 fully saturated rings. The molecule has 0 aliphatic heterocycles. The molecule has 0 aromatic heterocycles. The van der Waals surface area contributed by atoms with Crippen molar-refractivity contribution in [3.8, 4) is 0 Å². The summed E-state index contributed by atoms with van der Waals surface area (Å²) in [5.41, 5.74) is 5.84. The monoisotopic (exact) mass is 286 g/mol. The molecule has 0 saturated carbocycles. The minimum atomic E-state index is -1.06. The van der Waals surface area contributed by atoms with Gasteiger partial charge in [0.05, 0.1) is 7.11 Å². The van der Waals surface area contributed by atoms with Crippen LogP contribution in [0.5, 0.6) is 0 Å². The summed E-state index contributed by atoms with van der Waals surface area (Å²) in [6.45, 7) is 3.60. The maximum absolute atomic E-state index is 11.9. The number of nitrogens with one attached hydrogen (secondary N) is 1. The number of amides is 1. The maximum atomic E-state index is 11.9. The van der Waals surface area contributed by atoms with Crippen molar-refractivity contribution < 1.29 is 14.3 Å². The molecular weight excluding hydrogens is 268 g/mol. The van der Waals surface area contributed by atoms with Crippen LogP contribution in [-0.2, 0) is 16.1 Å². The second-order valence-corrected chi connectivity index (χ2v) is 4.47. The molecule has 1 aromatic carbocycles.